The zero-order valence-electron chi connectivity index (χ0n) is 11.2. The second-order valence-electron chi connectivity index (χ2n) is 4.04. The number of benzene rings is 1. The van der Waals surface area contributed by atoms with Gasteiger partial charge in [0.25, 0.3) is 11.1 Å². The van der Waals surface area contributed by atoms with Crippen molar-refractivity contribution >= 4 is 11.8 Å². The first kappa shape index (κ1) is 14.4. The third kappa shape index (κ3) is 3.75. The van der Waals surface area contributed by atoms with Gasteiger partial charge in [0.05, 0.1) is 18.7 Å². The highest BCUT2D eigenvalue weighted by molar-refractivity contribution is 7.99. The Kier molecular flexibility index (Phi) is 5.44. The van der Waals surface area contributed by atoms with E-state index in [4.69, 9.17) is 14.4 Å². The van der Waals surface area contributed by atoms with Crippen LogP contribution in [0.15, 0.2) is 33.9 Å². The molecule has 0 saturated carbocycles. The molecule has 0 aliphatic heterocycles. The highest BCUT2D eigenvalue weighted by Gasteiger charge is 2.12. The van der Waals surface area contributed by atoms with Crippen LogP contribution in [0.3, 0.4) is 0 Å². The molecule has 0 aliphatic rings. The molecule has 104 valence electrons. The van der Waals surface area contributed by atoms with Crippen molar-refractivity contribution in [2.45, 2.75) is 24.5 Å². The van der Waals surface area contributed by atoms with Gasteiger partial charge >= 0.3 is 0 Å². The largest absolute Gasteiger partial charge is 0.496 e. The van der Waals surface area contributed by atoms with Crippen LogP contribution in [-0.2, 0) is 0 Å². The minimum absolute atomic E-state index is 0.460. The smallest absolute Gasteiger partial charge is 0.276 e. The Labute approximate surface area is 122 Å². The van der Waals surface area contributed by atoms with Gasteiger partial charge in [-0.15, -0.1) is 10.2 Å². The van der Waals surface area contributed by atoms with Crippen LogP contribution in [-0.4, -0.2) is 23.1 Å². The zero-order valence-corrected chi connectivity index (χ0v) is 12.0. The van der Waals surface area contributed by atoms with Gasteiger partial charge < -0.3 is 9.15 Å². The summed E-state index contributed by atoms with van der Waals surface area (Å²) in [7, 11) is 1.61. The number of ether oxygens (including phenoxy) is 1. The van der Waals surface area contributed by atoms with Crippen LogP contribution in [0.4, 0.5) is 0 Å². The summed E-state index contributed by atoms with van der Waals surface area (Å²) in [5.41, 5.74) is 0.791. The molecule has 2 aromatic rings. The van der Waals surface area contributed by atoms with Gasteiger partial charge in [0, 0.05) is 12.2 Å². The molecule has 0 N–H and O–H groups in total. The molecule has 1 aromatic carbocycles. The molecule has 0 aliphatic carbocycles. The molecule has 0 spiro atoms. The third-order valence-corrected chi connectivity index (χ3v) is 3.56. The Balaban J connectivity index is 1.97. The molecule has 5 nitrogen and oxygen atoms in total. The first-order valence-corrected chi connectivity index (χ1v) is 7.30. The quantitative estimate of drug-likeness (QED) is 0.573. The first-order chi connectivity index (χ1) is 9.85. The van der Waals surface area contributed by atoms with E-state index in [0.29, 0.717) is 23.3 Å². The van der Waals surface area contributed by atoms with Gasteiger partial charge in [-0.3, -0.25) is 0 Å². The monoisotopic (exact) mass is 289 g/mol. The Morgan fingerprint density at radius 3 is 2.95 bits per heavy atom. The van der Waals surface area contributed by atoms with E-state index in [9.17, 15) is 0 Å². The first-order valence-electron chi connectivity index (χ1n) is 6.32. The second-order valence-corrected chi connectivity index (χ2v) is 5.08. The third-order valence-electron chi connectivity index (χ3n) is 2.65. The molecule has 0 unspecified atom stereocenters. The van der Waals surface area contributed by atoms with E-state index >= 15 is 0 Å². The number of nitriles is 1. The normalized spacial score (nSPS) is 10.2. The summed E-state index contributed by atoms with van der Waals surface area (Å²) in [4.78, 5) is 0. The van der Waals surface area contributed by atoms with Gasteiger partial charge in [0.15, 0.2) is 0 Å². The van der Waals surface area contributed by atoms with E-state index in [1.807, 2.05) is 24.3 Å². The molecule has 0 bridgehead atoms. The van der Waals surface area contributed by atoms with Gasteiger partial charge in [-0.25, -0.2) is 0 Å². The maximum atomic E-state index is 8.45. The SMILES string of the molecule is COc1ccccc1-c1nnc(SCCCCC#N)o1. The molecule has 2 rings (SSSR count). The summed E-state index contributed by atoms with van der Waals surface area (Å²) in [5.74, 6) is 2.04. The van der Waals surface area contributed by atoms with Crippen molar-refractivity contribution in [1.82, 2.24) is 10.2 Å². The Morgan fingerprint density at radius 1 is 1.30 bits per heavy atom. The lowest BCUT2D eigenvalue weighted by Gasteiger charge is -2.03. The fourth-order valence-electron chi connectivity index (χ4n) is 1.66. The van der Waals surface area contributed by atoms with Gasteiger partial charge in [0.2, 0.25) is 0 Å². The minimum atomic E-state index is 0.460. The maximum absolute atomic E-state index is 8.45. The fraction of sp³-hybridized carbons (Fsp3) is 0.357. The average molecular weight is 289 g/mol. The lowest BCUT2D eigenvalue weighted by atomic mass is 10.2. The summed E-state index contributed by atoms with van der Waals surface area (Å²) in [5, 5.41) is 17.0. The Hall–Kier alpha value is -2.00. The van der Waals surface area contributed by atoms with Crippen molar-refractivity contribution in [3.63, 3.8) is 0 Å². The van der Waals surface area contributed by atoms with E-state index in [-0.39, 0.29) is 0 Å². The minimum Gasteiger partial charge on any atom is -0.496 e. The van der Waals surface area contributed by atoms with Crippen LogP contribution >= 0.6 is 11.8 Å². The molecule has 0 fully saturated rings. The zero-order chi connectivity index (χ0) is 14.2. The van der Waals surface area contributed by atoms with Crippen molar-refractivity contribution in [1.29, 1.82) is 5.26 Å². The summed E-state index contributed by atoms with van der Waals surface area (Å²) < 4.78 is 10.9. The molecule has 0 amide bonds. The number of aromatic nitrogens is 2. The Morgan fingerprint density at radius 2 is 2.15 bits per heavy atom. The van der Waals surface area contributed by atoms with Gasteiger partial charge in [-0.2, -0.15) is 5.26 Å². The molecule has 0 radical (unpaired) electrons. The highest BCUT2D eigenvalue weighted by atomic mass is 32.2. The summed E-state index contributed by atoms with van der Waals surface area (Å²) in [6.45, 7) is 0. The molecular formula is C14H15N3O2S. The van der Waals surface area contributed by atoms with E-state index in [2.05, 4.69) is 16.3 Å². The van der Waals surface area contributed by atoms with Gasteiger partial charge in [-0.05, 0) is 25.0 Å². The molecule has 0 saturated heterocycles. The fourth-order valence-corrected chi connectivity index (χ4v) is 2.42. The van der Waals surface area contributed by atoms with Crippen LogP contribution < -0.4 is 4.74 Å². The van der Waals surface area contributed by atoms with Gasteiger partial charge in [-0.1, -0.05) is 23.9 Å². The van der Waals surface area contributed by atoms with Crippen molar-refractivity contribution in [3.8, 4) is 23.3 Å². The number of rotatable bonds is 7. The number of methoxy groups -OCH3 is 1. The Bertz CT molecular complexity index is 592. The topological polar surface area (TPSA) is 71.9 Å². The van der Waals surface area contributed by atoms with Crippen LogP contribution in [0.25, 0.3) is 11.5 Å². The van der Waals surface area contributed by atoms with Crippen LogP contribution in [0.2, 0.25) is 0 Å². The van der Waals surface area contributed by atoms with E-state index < -0.39 is 0 Å². The van der Waals surface area contributed by atoms with Crippen LogP contribution in [0, 0.1) is 11.3 Å². The maximum Gasteiger partial charge on any atom is 0.276 e. The number of nitrogens with zero attached hydrogens (tertiary/aromatic N) is 3. The molecule has 0 atom stereocenters. The number of thioether (sulfide) groups is 1. The van der Waals surface area contributed by atoms with Crippen molar-refractivity contribution < 1.29 is 9.15 Å². The summed E-state index contributed by atoms with van der Waals surface area (Å²) >= 11 is 1.51. The van der Waals surface area contributed by atoms with E-state index in [1.165, 1.54) is 11.8 Å². The number of para-hydroxylation sites is 1. The standard InChI is InChI=1S/C14H15N3O2S/c1-18-12-8-4-3-7-11(12)13-16-17-14(19-13)20-10-6-2-5-9-15/h3-4,7-8H,2,5-6,10H2,1H3. The number of hydrogen-bond donors (Lipinski definition) is 0. The molecule has 1 aromatic heterocycles. The van der Waals surface area contributed by atoms with Crippen molar-refractivity contribution in [2.75, 3.05) is 12.9 Å². The molecule has 20 heavy (non-hydrogen) atoms. The van der Waals surface area contributed by atoms with E-state index in [1.54, 1.807) is 7.11 Å². The second kappa shape index (κ2) is 7.56. The molecule has 1 heterocycles. The van der Waals surface area contributed by atoms with Crippen LogP contribution in [0.1, 0.15) is 19.3 Å². The lowest BCUT2D eigenvalue weighted by molar-refractivity contribution is 0.411. The summed E-state index contributed by atoms with van der Waals surface area (Å²) in [6.07, 6.45) is 2.46. The molecule has 6 heteroatoms. The lowest BCUT2D eigenvalue weighted by Crippen LogP contribution is -1.87. The summed E-state index contributed by atoms with van der Waals surface area (Å²) in [6, 6.07) is 9.66. The predicted molar refractivity (Wildman–Crippen MR) is 76.5 cm³/mol. The molecular weight excluding hydrogens is 274 g/mol. The predicted octanol–water partition coefficient (Wildman–Crippen LogP) is 3.53. The van der Waals surface area contributed by atoms with Crippen molar-refractivity contribution in [3.05, 3.63) is 24.3 Å². The van der Waals surface area contributed by atoms with Crippen LogP contribution in [0.5, 0.6) is 5.75 Å². The highest BCUT2D eigenvalue weighted by Crippen LogP contribution is 2.30. The number of unbranched alkanes of at least 4 members (excludes halogenated alkanes) is 2. The number of hydrogen-bond acceptors (Lipinski definition) is 6. The van der Waals surface area contributed by atoms with E-state index in [0.717, 1.165) is 24.2 Å². The van der Waals surface area contributed by atoms with Gasteiger partial charge in [0.1, 0.15) is 5.75 Å². The average Bonchev–Trinajstić information content (AvgIpc) is 2.95. The van der Waals surface area contributed by atoms with Crippen molar-refractivity contribution in [2.24, 2.45) is 0 Å².